The third-order valence-electron chi connectivity index (χ3n) is 6.87. The minimum atomic E-state index is -3.72. The highest BCUT2D eigenvalue weighted by Crippen LogP contribution is 2.52. The lowest BCUT2D eigenvalue weighted by atomic mass is 9.92. The smallest absolute Gasteiger partial charge is 0.481 e. The first kappa shape index (κ1) is 25.0. The molecule has 1 atom stereocenters. The Kier molecular flexibility index (Phi) is 5.71. The molecule has 2 heterocycles. The molecule has 0 bridgehead atoms. The molecule has 1 aromatic heterocycles. The minimum Gasteiger partial charge on any atom is -0.481 e. The summed E-state index contributed by atoms with van der Waals surface area (Å²) in [5.74, 6) is -1.48. The van der Waals surface area contributed by atoms with E-state index in [-0.39, 0.29) is 38.6 Å². The Bertz CT molecular complexity index is 1420. The molecule has 10 heteroatoms. The minimum absolute atomic E-state index is 0. The van der Waals surface area contributed by atoms with Gasteiger partial charge in [-0.3, -0.25) is 9.59 Å². The normalized spacial score (nSPS) is 18.0. The number of aromatic nitrogens is 1. The first-order chi connectivity index (χ1) is 17.3. The van der Waals surface area contributed by atoms with Gasteiger partial charge in [0.25, 0.3) is 0 Å². The fraction of sp³-hybridized carbons (Fsp3) is 0.407. The molecule has 2 aromatic carbocycles. The van der Waals surface area contributed by atoms with Crippen molar-refractivity contribution in [2.45, 2.75) is 69.8 Å². The fourth-order valence-electron chi connectivity index (χ4n) is 4.91. The molecule has 3 aromatic rings. The second-order valence-corrected chi connectivity index (χ2v) is 10.8. The summed E-state index contributed by atoms with van der Waals surface area (Å²) in [5, 5.41) is 23.1. The van der Waals surface area contributed by atoms with Gasteiger partial charge >= 0.3 is 12.3 Å². The van der Waals surface area contributed by atoms with Crippen molar-refractivity contribution < 1.29 is 40.9 Å². The second-order valence-electron chi connectivity index (χ2n) is 10.8. The average Bonchev–Trinajstić information content (AvgIpc) is 3.42. The van der Waals surface area contributed by atoms with Gasteiger partial charge in [-0.15, -0.1) is 8.78 Å². The molecule has 1 unspecified atom stereocenters. The van der Waals surface area contributed by atoms with Crippen molar-refractivity contribution in [3.8, 4) is 11.5 Å². The van der Waals surface area contributed by atoms with Crippen LogP contribution in [0.2, 0.25) is 0 Å². The Hall–Kier alpha value is -3.66. The molecule has 8 nitrogen and oxygen atoms in total. The second kappa shape index (κ2) is 8.44. The number of rotatable bonds is 7. The van der Waals surface area contributed by atoms with Gasteiger partial charge in [-0.2, -0.15) is 0 Å². The quantitative estimate of drug-likeness (QED) is 0.394. The summed E-state index contributed by atoms with van der Waals surface area (Å²) < 4.78 is 37.8. The molecule has 1 aliphatic carbocycles. The number of carbonyl (C=O) groups excluding carboxylic acids is 1. The number of ether oxygens (including phenoxy) is 2. The van der Waals surface area contributed by atoms with Crippen LogP contribution in [0.25, 0.3) is 10.9 Å². The van der Waals surface area contributed by atoms with Crippen LogP contribution in [0.1, 0.15) is 54.1 Å². The van der Waals surface area contributed by atoms with Crippen molar-refractivity contribution in [1.29, 1.82) is 0 Å². The first-order valence-electron chi connectivity index (χ1n) is 12.0. The van der Waals surface area contributed by atoms with Crippen LogP contribution in [0.15, 0.2) is 42.5 Å². The zero-order valence-corrected chi connectivity index (χ0v) is 20.7. The van der Waals surface area contributed by atoms with Gasteiger partial charge < -0.3 is 29.6 Å². The van der Waals surface area contributed by atoms with E-state index in [4.69, 9.17) is 5.11 Å². The van der Waals surface area contributed by atoms with E-state index in [9.17, 15) is 23.5 Å². The number of benzene rings is 2. The Balaban J connectivity index is 0.00000210. The van der Waals surface area contributed by atoms with Gasteiger partial charge in [-0.1, -0.05) is 26.8 Å². The molecule has 1 fully saturated rings. The molecule has 0 saturated heterocycles. The number of aliphatic carboxylic acids is 1. The van der Waals surface area contributed by atoms with Crippen molar-refractivity contribution in [1.82, 2.24) is 4.57 Å². The van der Waals surface area contributed by atoms with E-state index in [1.807, 2.05) is 43.5 Å². The van der Waals surface area contributed by atoms with Crippen molar-refractivity contribution in [3.63, 3.8) is 0 Å². The Morgan fingerprint density at radius 2 is 1.81 bits per heavy atom. The number of carbonyl (C=O) groups is 2. The third-order valence-corrected chi connectivity index (χ3v) is 6.87. The molecule has 37 heavy (non-hydrogen) atoms. The number of aliphatic hydroxyl groups excluding tert-OH is 1. The summed E-state index contributed by atoms with van der Waals surface area (Å²) >= 11 is 0. The number of carboxylic acid groups (broad SMARTS) is 1. The Labute approximate surface area is 214 Å². The molecule has 0 radical (unpaired) electrons. The van der Waals surface area contributed by atoms with Gasteiger partial charge in [0, 0.05) is 37.1 Å². The van der Waals surface area contributed by atoms with E-state index in [0.717, 1.165) is 16.6 Å². The molecular formula is C27H32F2N2O6. The maximum absolute atomic E-state index is 13.4. The van der Waals surface area contributed by atoms with Crippen molar-refractivity contribution in [3.05, 3.63) is 53.7 Å². The van der Waals surface area contributed by atoms with Crippen LogP contribution in [-0.2, 0) is 27.0 Å². The molecule has 0 spiro atoms. The van der Waals surface area contributed by atoms with Gasteiger partial charge in [-0.05, 0) is 54.8 Å². The number of fused-ring (bicyclic) bond motifs is 2. The third kappa shape index (κ3) is 4.73. The molecular weight excluding hydrogens is 486 g/mol. The predicted octanol–water partition coefficient (Wildman–Crippen LogP) is 5.26. The van der Waals surface area contributed by atoms with Gasteiger partial charge in [0.1, 0.15) is 0 Å². The summed E-state index contributed by atoms with van der Waals surface area (Å²) in [7, 11) is 0. The summed E-state index contributed by atoms with van der Waals surface area (Å²) in [6.07, 6.45) is -3.99. The fourth-order valence-corrected chi connectivity index (χ4v) is 4.91. The summed E-state index contributed by atoms with van der Waals surface area (Å²) in [6, 6.07) is 11.8. The van der Waals surface area contributed by atoms with Crippen LogP contribution in [0, 0.1) is 0 Å². The molecule has 5 rings (SSSR count). The number of amides is 1. The van der Waals surface area contributed by atoms with Crippen LogP contribution in [0.4, 0.5) is 14.5 Å². The van der Waals surface area contributed by atoms with E-state index in [1.54, 1.807) is 12.1 Å². The molecule has 1 amide bonds. The van der Waals surface area contributed by atoms with Gasteiger partial charge in [0.15, 0.2) is 11.5 Å². The Morgan fingerprint density at radius 3 is 2.46 bits per heavy atom. The Morgan fingerprint density at radius 1 is 1.11 bits per heavy atom. The van der Waals surface area contributed by atoms with E-state index in [1.165, 1.54) is 12.1 Å². The number of nitrogens with zero attached hydrogens (tertiary/aromatic N) is 1. The maximum atomic E-state index is 13.4. The predicted molar refractivity (Wildman–Crippen MR) is 135 cm³/mol. The number of anilines is 1. The number of alkyl halides is 2. The van der Waals surface area contributed by atoms with E-state index in [0.29, 0.717) is 24.1 Å². The number of aliphatic hydroxyl groups is 1. The first-order valence-corrected chi connectivity index (χ1v) is 12.0. The SMILES string of the molecule is CC(C)(C)c1cc2cc(NC(=O)C3(c4ccc5c(c4)OC(F)(F)O5)CC3)ccc2n1CC(O)CC(=O)O.[HH].[HH]. The van der Waals surface area contributed by atoms with Crippen LogP contribution >= 0.6 is 0 Å². The van der Waals surface area contributed by atoms with Crippen LogP contribution in [0.3, 0.4) is 0 Å². The van der Waals surface area contributed by atoms with Crippen LogP contribution in [-0.4, -0.2) is 39.1 Å². The average molecular weight is 519 g/mol. The largest absolute Gasteiger partial charge is 0.586 e. The van der Waals surface area contributed by atoms with E-state index in [2.05, 4.69) is 14.8 Å². The zero-order chi connectivity index (χ0) is 26.8. The summed E-state index contributed by atoms with van der Waals surface area (Å²) in [6.45, 7) is 6.21. The van der Waals surface area contributed by atoms with Gasteiger partial charge in [-0.25, -0.2) is 0 Å². The summed E-state index contributed by atoms with van der Waals surface area (Å²) in [4.78, 5) is 24.4. The maximum Gasteiger partial charge on any atom is 0.586 e. The highest BCUT2D eigenvalue weighted by atomic mass is 19.3. The summed E-state index contributed by atoms with van der Waals surface area (Å²) in [5.41, 5.74) is 1.77. The molecule has 200 valence electrons. The standard InChI is InChI=1S/C27H28F2N2O6.2H2/c1-25(2,3)22-11-15-10-17(5-6-19(15)31(22)14-18(32)13-23(33)34)30-24(35)26(8-9-26)16-4-7-20-21(12-16)37-27(28,29)36-20;;/h4-7,10-12,18,32H,8-9,13-14H2,1-3H3,(H,30,35)(H,33,34);2*1H. The van der Waals surface area contributed by atoms with E-state index >= 15 is 0 Å². The molecule has 1 aliphatic heterocycles. The van der Waals surface area contributed by atoms with Crippen molar-refractivity contribution >= 4 is 28.5 Å². The lowest BCUT2D eigenvalue weighted by Crippen LogP contribution is -2.28. The number of carboxylic acids is 1. The van der Waals surface area contributed by atoms with Gasteiger partial charge in [0.2, 0.25) is 5.91 Å². The number of hydrogen-bond donors (Lipinski definition) is 3. The van der Waals surface area contributed by atoms with Crippen LogP contribution < -0.4 is 14.8 Å². The van der Waals surface area contributed by atoms with Crippen LogP contribution in [0.5, 0.6) is 11.5 Å². The highest BCUT2D eigenvalue weighted by Gasteiger charge is 2.52. The topological polar surface area (TPSA) is 110 Å². The lowest BCUT2D eigenvalue weighted by Gasteiger charge is -2.23. The lowest BCUT2D eigenvalue weighted by molar-refractivity contribution is -0.286. The van der Waals surface area contributed by atoms with Gasteiger partial charge in [0.05, 0.1) is 17.9 Å². The van der Waals surface area contributed by atoms with Crippen molar-refractivity contribution in [2.24, 2.45) is 0 Å². The zero-order valence-electron chi connectivity index (χ0n) is 20.7. The number of nitrogens with one attached hydrogen (secondary N) is 1. The molecule has 3 N–H and O–H groups in total. The number of halogens is 2. The molecule has 1 saturated carbocycles. The number of hydrogen-bond acceptors (Lipinski definition) is 5. The molecule has 2 aliphatic rings. The van der Waals surface area contributed by atoms with Crippen molar-refractivity contribution in [2.75, 3.05) is 5.32 Å². The monoisotopic (exact) mass is 518 g/mol. The highest BCUT2D eigenvalue weighted by molar-refractivity contribution is 6.02. The van der Waals surface area contributed by atoms with E-state index < -0.39 is 23.8 Å².